The second-order valence-corrected chi connectivity index (χ2v) is 16.1. The molecule has 0 aromatic carbocycles. The van der Waals surface area contributed by atoms with E-state index in [-0.39, 0.29) is 6.61 Å². The molecule has 0 unspecified atom stereocenters. The van der Waals surface area contributed by atoms with Gasteiger partial charge in [0.15, 0.2) is 10.0 Å². The van der Waals surface area contributed by atoms with Gasteiger partial charge in [0, 0.05) is 23.5 Å². The van der Waals surface area contributed by atoms with Crippen molar-refractivity contribution in [1.82, 2.24) is 9.97 Å². The molecular formula is C42H73N3O3S2. The molecule has 286 valence electrons. The molecule has 0 radical (unpaired) electrons. The molecular weight excluding hydrogens is 659 g/mol. The summed E-state index contributed by atoms with van der Waals surface area (Å²) in [4.78, 5) is 36.3. The maximum absolute atomic E-state index is 13.2. The highest BCUT2D eigenvalue weighted by atomic mass is 32.1. The van der Waals surface area contributed by atoms with E-state index in [0.29, 0.717) is 18.3 Å². The van der Waals surface area contributed by atoms with E-state index in [1.807, 2.05) is 10.8 Å². The molecule has 2 aromatic heterocycles. The Labute approximate surface area is 315 Å². The van der Waals surface area contributed by atoms with Crippen LogP contribution in [-0.4, -0.2) is 35.0 Å². The number of hydrogen-bond acceptors (Lipinski definition) is 7. The Morgan fingerprint density at radius 3 is 1.52 bits per heavy atom. The van der Waals surface area contributed by atoms with Gasteiger partial charge in [0.2, 0.25) is 0 Å². The molecule has 0 atom stereocenters. The van der Waals surface area contributed by atoms with Crippen LogP contribution in [0.25, 0.3) is 10.0 Å². The first-order valence-electron chi connectivity index (χ1n) is 20.9. The van der Waals surface area contributed by atoms with Crippen LogP contribution >= 0.6 is 22.7 Å². The molecule has 2 aromatic rings. The van der Waals surface area contributed by atoms with Gasteiger partial charge < -0.3 is 4.74 Å². The van der Waals surface area contributed by atoms with E-state index < -0.39 is 11.9 Å². The molecule has 50 heavy (non-hydrogen) atoms. The van der Waals surface area contributed by atoms with Gasteiger partial charge in [0.25, 0.3) is 0 Å². The van der Waals surface area contributed by atoms with E-state index in [1.54, 1.807) is 13.1 Å². The summed E-state index contributed by atoms with van der Waals surface area (Å²) in [5.74, 6) is -0.235. The van der Waals surface area contributed by atoms with Crippen molar-refractivity contribution in [2.24, 2.45) is 5.92 Å². The zero-order chi connectivity index (χ0) is 35.9. The highest BCUT2D eigenvalue weighted by Crippen LogP contribution is 2.30. The lowest BCUT2D eigenvalue weighted by Gasteiger charge is -2.22. The Morgan fingerprint density at radius 1 is 0.620 bits per heavy atom. The Bertz CT molecular complexity index is 1050. The highest BCUT2D eigenvalue weighted by molar-refractivity contribution is 7.19. The van der Waals surface area contributed by atoms with Crippen molar-refractivity contribution in [2.45, 2.75) is 201 Å². The summed E-state index contributed by atoms with van der Waals surface area (Å²) in [7, 11) is 0. The largest absolute Gasteiger partial charge is 0.459 e. The van der Waals surface area contributed by atoms with Crippen molar-refractivity contribution in [2.75, 3.05) is 18.1 Å². The number of ether oxygens (including phenoxy) is 1. The number of anilines is 1. The molecule has 0 spiro atoms. The smallest absolute Gasteiger partial charge is 0.397 e. The topological polar surface area (TPSA) is 72.4 Å². The number of amides is 1. The van der Waals surface area contributed by atoms with Crippen molar-refractivity contribution in [3.05, 3.63) is 17.0 Å². The van der Waals surface area contributed by atoms with Gasteiger partial charge in [-0.05, 0) is 25.7 Å². The summed E-state index contributed by atoms with van der Waals surface area (Å²) in [6, 6.07) is 0. The molecule has 0 aliphatic rings. The van der Waals surface area contributed by atoms with Crippen molar-refractivity contribution in [3.8, 4) is 10.0 Å². The van der Waals surface area contributed by atoms with Crippen LogP contribution in [0.15, 0.2) is 17.0 Å². The molecule has 6 nitrogen and oxygen atoms in total. The monoisotopic (exact) mass is 732 g/mol. The standard InChI is InChI=1S/C42H73N3O3S2/c1-4-7-9-11-13-15-17-19-21-23-25-27-30-37(31-28-26-24-22-20-18-16-14-12-10-8-5-2)32-29-34-45(41(46)42(47)48-6-3)38-36-50-40(44-38)39-43-33-35-49-39/h33,35-37H,4-32,34H2,1-3H3. The van der Waals surface area contributed by atoms with Crippen LogP contribution in [0.1, 0.15) is 201 Å². The maximum atomic E-state index is 13.2. The summed E-state index contributed by atoms with van der Waals surface area (Å²) < 4.78 is 5.10. The van der Waals surface area contributed by atoms with Crippen LogP contribution < -0.4 is 4.90 Å². The number of carbonyl (C=O) groups is 2. The van der Waals surface area contributed by atoms with Gasteiger partial charge in [-0.2, -0.15) is 0 Å². The maximum Gasteiger partial charge on any atom is 0.397 e. The number of thiazole rings is 2. The van der Waals surface area contributed by atoms with E-state index in [9.17, 15) is 9.59 Å². The number of rotatable bonds is 33. The third kappa shape index (κ3) is 20.9. The van der Waals surface area contributed by atoms with E-state index in [4.69, 9.17) is 9.72 Å². The molecule has 0 saturated heterocycles. The minimum absolute atomic E-state index is 0.181. The van der Waals surface area contributed by atoms with Gasteiger partial charge >= 0.3 is 11.9 Å². The van der Waals surface area contributed by atoms with Crippen LogP contribution in [0.2, 0.25) is 0 Å². The molecule has 0 fully saturated rings. The molecule has 1 amide bonds. The normalized spacial score (nSPS) is 11.4. The zero-order valence-corrected chi connectivity index (χ0v) is 34.0. The Balaban J connectivity index is 1.81. The minimum atomic E-state index is -0.805. The highest BCUT2D eigenvalue weighted by Gasteiger charge is 2.27. The molecule has 0 N–H and O–H groups in total. The van der Waals surface area contributed by atoms with Crippen molar-refractivity contribution < 1.29 is 14.3 Å². The number of unbranched alkanes of at least 4 members (excludes halogenated alkanes) is 22. The number of hydrogen-bond donors (Lipinski definition) is 0. The zero-order valence-electron chi connectivity index (χ0n) is 32.4. The molecule has 0 aliphatic heterocycles. The van der Waals surface area contributed by atoms with Gasteiger partial charge in [-0.3, -0.25) is 9.69 Å². The SMILES string of the molecule is CCCCCCCCCCCCCCC(CCCCCCCCCCCCCC)CCCN(C(=O)C(=O)OCC)c1csc(-c2nccs2)n1. The number of carbonyl (C=O) groups excluding carboxylic acids is 2. The second kappa shape index (κ2) is 30.8. The molecule has 0 saturated carbocycles. The van der Waals surface area contributed by atoms with E-state index in [0.717, 1.165) is 22.9 Å². The van der Waals surface area contributed by atoms with E-state index in [1.165, 1.54) is 195 Å². The number of esters is 1. The average Bonchev–Trinajstić information content (AvgIpc) is 3.84. The van der Waals surface area contributed by atoms with Gasteiger partial charge in [0.05, 0.1) is 6.61 Å². The summed E-state index contributed by atoms with van der Waals surface area (Å²) in [5.41, 5.74) is 0. The van der Waals surface area contributed by atoms with Crippen LogP contribution in [0, 0.1) is 5.92 Å². The van der Waals surface area contributed by atoms with Crippen molar-refractivity contribution in [3.63, 3.8) is 0 Å². The third-order valence-corrected chi connectivity index (χ3v) is 11.8. The Kier molecular flexibility index (Phi) is 27.3. The fourth-order valence-electron chi connectivity index (χ4n) is 6.96. The van der Waals surface area contributed by atoms with Crippen LogP contribution in [-0.2, 0) is 14.3 Å². The summed E-state index contributed by atoms with van der Waals surface area (Å²) in [6.07, 6.45) is 39.3. The fourth-order valence-corrected chi connectivity index (χ4v) is 8.46. The first-order valence-corrected chi connectivity index (χ1v) is 22.7. The molecule has 2 heterocycles. The minimum Gasteiger partial charge on any atom is -0.459 e. The van der Waals surface area contributed by atoms with Crippen LogP contribution in [0.4, 0.5) is 5.82 Å². The number of nitrogens with zero attached hydrogens (tertiary/aromatic N) is 3. The fraction of sp³-hybridized carbons (Fsp3) is 0.810. The Morgan fingerprint density at radius 2 is 1.08 bits per heavy atom. The lowest BCUT2D eigenvalue weighted by Crippen LogP contribution is -2.38. The molecule has 2 rings (SSSR count). The first-order chi connectivity index (χ1) is 24.6. The first kappa shape index (κ1) is 44.4. The van der Waals surface area contributed by atoms with Crippen LogP contribution in [0.3, 0.4) is 0 Å². The van der Waals surface area contributed by atoms with E-state index >= 15 is 0 Å². The molecule has 0 bridgehead atoms. The van der Waals surface area contributed by atoms with Gasteiger partial charge in [0.1, 0.15) is 5.82 Å². The molecule has 0 aliphatic carbocycles. The number of aromatic nitrogens is 2. The van der Waals surface area contributed by atoms with E-state index in [2.05, 4.69) is 18.8 Å². The summed E-state index contributed by atoms with van der Waals surface area (Å²) in [5, 5.41) is 5.39. The predicted octanol–water partition coefficient (Wildman–Crippen LogP) is 13.7. The van der Waals surface area contributed by atoms with Gasteiger partial charge in [-0.25, -0.2) is 14.8 Å². The quantitative estimate of drug-likeness (QED) is 0.0415. The average molecular weight is 732 g/mol. The lowest BCUT2D eigenvalue weighted by molar-refractivity contribution is -0.153. The van der Waals surface area contributed by atoms with Crippen molar-refractivity contribution >= 4 is 40.4 Å². The second-order valence-electron chi connectivity index (χ2n) is 14.4. The van der Waals surface area contributed by atoms with Crippen molar-refractivity contribution in [1.29, 1.82) is 0 Å². The Hall–Kier alpha value is -1.80. The predicted molar refractivity (Wildman–Crippen MR) is 216 cm³/mol. The third-order valence-electron chi connectivity index (χ3n) is 10.0. The summed E-state index contributed by atoms with van der Waals surface area (Å²) >= 11 is 2.98. The summed E-state index contributed by atoms with van der Waals surface area (Å²) in [6.45, 7) is 6.96. The van der Waals surface area contributed by atoms with Gasteiger partial charge in [-0.15, -0.1) is 22.7 Å². The van der Waals surface area contributed by atoms with Gasteiger partial charge in [-0.1, -0.05) is 181 Å². The molecule has 8 heteroatoms. The lowest BCUT2D eigenvalue weighted by atomic mass is 9.90. The van der Waals surface area contributed by atoms with Crippen LogP contribution in [0.5, 0.6) is 0 Å².